The van der Waals surface area contributed by atoms with Gasteiger partial charge < -0.3 is 14.7 Å². The molecule has 1 unspecified atom stereocenters. The van der Waals surface area contributed by atoms with E-state index in [1.54, 1.807) is 18.0 Å². The van der Waals surface area contributed by atoms with Crippen LogP contribution in [0, 0.1) is 13.8 Å². The number of morpholine rings is 1. The molecule has 0 bridgehead atoms. The van der Waals surface area contributed by atoms with Crippen molar-refractivity contribution in [2.75, 3.05) is 13.1 Å². The molecule has 24 heavy (non-hydrogen) atoms. The molecule has 128 valence electrons. The highest BCUT2D eigenvalue weighted by Gasteiger charge is 2.34. The van der Waals surface area contributed by atoms with E-state index in [9.17, 15) is 14.7 Å². The van der Waals surface area contributed by atoms with Gasteiger partial charge in [-0.15, -0.1) is 11.3 Å². The van der Waals surface area contributed by atoms with Crippen LogP contribution in [0.2, 0.25) is 0 Å². The largest absolute Gasteiger partial charge is 0.479 e. The highest BCUT2D eigenvalue weighted by Crippen LogP contribution is 2.24. The average molecular weight is 349 g/mol. The first-order valence-corrected chi connectivity index (χ1v) is 8.52. The Morgan fingerprint density at radius 3 is 2.75 bits per heavy atom. The Hall–Kier alpha value is -2.19. The van der Waals surface area contributed by atoms with Crippen molar-refractivity contribution in [2.45, 2.75) is 33.0 Å². The number of aromatic nitrogens is 2. The number of rotatable bonds is 3. The van der Waals surface area contributed by atoms with Crippen molar-refractivity contribution < 1.29 is 19.4 Å². The third-order valence-corrected chi connectivity index (χ3v) is 4.85. The third kappa shape index (κ3) is 2.94. The number of aliphatic carboxylic acids is 1. The SMILES string of the molecule is Cc1cc(C(=O)N2CC(C(=O)O)O[C@H](C)C2)c(C)n1-c1nccs1. The molecule has 3 heterocycles. The molecule has 1 aliphatic rings. The molecule has 2 aromatic rings. The molecule has 0 radical (unpaired) electrons. The molecule has 1 saturated heterocycles. The second-order valence-corrected chi connectivity index (χ2v) is 6.79. The topological polar surface area (TPSA) is 84.7 Å². The molecule has 8 heteroatoms. The van der Waals surface area contributed by atoms with Crippen LogP contribution in [0.3, 0.4) is 0 Å². The van der Waals surface area contributed by atoms with Crippen LogP contribution in [0.25, 0.3) is 5.13 Å². The molecule has 0 saturated carbocycles. The number of amides is 1. The molecule has 0 aromatic carbocycles. The van der Waals surface area contributed by atoms with Gasteiger partial charge in [-0.05, 0) is 26.8 Å². The number of carboxylic acids is 1. The quantitative estimate of drug-likeness (QED) is 0.914. The van der Waals surface area contributed by atoms with Crippen molar-refractivity contribution in [2.24, 2.45) is 0 Å². The summed E-state index contributed by atoms with van der Waals surface area (Å²) in [6, 6.07) is 1.83. The van der Waals surface area contributed by atoms with E-state index in [1.807, 2.05) is 29.9 Å². The average Bonchev–Trinajstić information content (AvgIpc) is 3.14. The van der Waals surface area contributed by atoms with Crippen LogP contribution in [0.5, 0.6) is 0 Å². The summed E-state index contributed by atoms with van der Waals surface area (Å²) in [7, 11) is 0. The lowest BCUT2D eigenvalue weighted by Gasteiger charge is -2.35. The van der Waals surface area contributed by atoms with E-state index in [0.29, 0.717) is 12.1 Å². The van der Waals surface area contributed by atoms with Crippen molar-refractivity contribution in [1.29, 1.82) is 0 Å². The van der Waals surface area contributed by atoms with E-state index in [1.165, 1.54) is 11.3 Å². The standard InChI is InChI=1S/C16H19N3O4S/c1-9-6-12(11(3)19(9)16-17-4-5-24-16)14(20)18-7-10(2)23-13(8-18)15(21)22/h4-6,10,13H,7-8H2,1-3H3,(H,21,22)/t10-,13?/m1/s1. The van der Waals surface area contributed by atoms with Crippen molar-refractivity contribution in [3.63, 3.8) is 0 Å². The van der Waals surface area contributed by atoms with Crippen molar-refractivity contribution in [3.05, 3.63) is 34.6 Å². The Morgan fingerprint density at radius 2 is 2.12 bits per heavy atom. The summed E-state index contributed by atoms with van der Waals surface area (Å²) in [5, 5.41) is 11.9. The zero-order valence-corrected chi connectivity index (χ0v) is 14.5. The zero-order valence-electron chi connectivity index (χ0n) is 13.7. The number of hydrogen-bond acceptors (Lipinski definition) is 5. The van der Waals surface area contributed by atoms with Crippen LogP contribution in [0.1, 0.15) is 28.7 Å². The van der Waals surface area contributed by atoms with Crippen LogP contribution in [0.4, 0.5) is 0 Å². The van der Waals surface area contributed by atoms with E-state index < -0.39 is 12.1 Å². The lowest BCUT2D eigenvalue weighted by Crippen LogP contribution is -2.51. The van der Waals surface area contributed by atoms with Gasteiger partial charge in [0, 0.05) is 29.5 Å². The van der Waals surface area contributed by atoms with Gasteiger partial charge in [-0.3, -0.25) is 9.36 Å². The van der Waals surface area contributed by atoms with Gasteiger partial charge in [0.25, 0.3) is 5.91 Å². The van der Waals surface area contributed by atoms with Gasteiger partial charge in [0.1, 0.15) is 0 Å². The lowest BCUT2D eigenvalue weighted by atomic mass is 10.1. The third-order valence-electron chi connectivity index (χ3n) is 4.10. The fraction of sp³-hybridized carbons (Fsp3) is 0.438. The normalized spacial score (nSPS) is 21.0. The number of carbonyl (C=O) groups excluding carboxylic acids is 1. The summed E-state index contributed by atoms with van der Waals surface area (Å²) < 4.78 is 7.32. The first kappa shape index (κ1) is 16.7. The van der Waals surface area contributed by atoms with Crippen molar-refractivity contribution in [1.82, 2.24) is 14.5 Å². The summed E-state index contributed by atoms with van der Waals surface area (Å²) in [6.07, 6.45) is 0.424. The maximum absolute atomic E-state index is 12.9. The monoisotopic (exact) mass is 349 g/mol. The van der Waals surface area contributed by atoms with Gasteiger partial charge in [-0.25, -0.2) is 9.78 Å². The van der Waals surface area contributed by atoms with Crippen LogP contribution in [-0.2, 0) is 9.53 Å². The molecular weight excluding hydrogens is 330 g/mol. The molecule has 3 rings (SSSR count). The summed E-state index contributed by atoms with van der Waals surface area (Å²) in [4.78, 5) is 30.0. The number of aryl methyl sites for hydroxylation is 1. The Labute approximate surface area is 143 Å². The van der Waals surface area contributed by atoms with Gasteiger partial charge in [0.2, 0.25) is 0 Å². The van der Waals surface area contributed by atoms with Crippen LogP contribution < -0.4 is 0 Å². The number of nitrogens with zero attached hydrogens (tertiary/aromatic N) is 3. The number of hydrogen-bond donors (Lipinski definition) is 1. The minimum atomic E-state index is -1.05. The van der Waals surface area contributed by atoms with Gasteiger partial charge in [0.15, 0.2) is 11.2 Å². The van der Waals surface area contributed by atoms with E-state index in [0.717, 1.165) is 16.5 Å². The van der Waals surface area contributed by atoms with Crippen molar-refractivity contribution >= 4 is 23.2 Å². The predicted molar refractivity (Wildman–Crippen MR) is 88.8 cm³/mol. The first-order valence-electron chi connectivity index (χ1n) is 7.64. The second kappa shape index (κ2) is 6.37. The van der Waals surface area contributed by atoms with E-state index in [2.05, 4.69) is 4.98 Å². The molecule has 7 nitrogen and oxygen atoms in total. The number of carbonyl (C=O) groups is 2. The van der Waals surface area contributed by atoms with Gasteiger partial charge in [-0.2, -0.15) is 0 Å². The number of thiazole rings is 1. The fourth-order valence-electron chi connectivity index (χ4n) is 3.02. The number of carboxylic acid groups (broad SMARTS) is 1. The molecule has 0 aliphatic carbocycles. The molecule has 1 fully saturated rings. The maximum atomic E-state index is 12.9. The minimum absolute atomic E-state index is 0.0550. The summed E-state index contributed by atoms with van der Waals surface area (Å²) >= 11 is 1.50. The van der Waals surface area contributed by atoms with Gasteiger partial charge in [0.05, 0.1) is 18.2 Å². The molecule has 2 atom stereocenters. The molecular formula is C16H19N3O4S. The van der Waals surface area contributed by atoms with Gasteiger partial charge in [-0.1, -0.05) is 0 Å². The smallest absolute Gasteiger partial charge is 0.334 e. The summed E-state index contributed by atoms with van der Waals surface area (Å²) in [6.45, 7) is 6.00. The van der Waals surface area contributed by atoms with E-state index >= 15 is 0 Å². The maximum Gasteiger partial charge on any atom is 0.334 e. The predicted octanol–water partition coefficient (Wildman–Crippen LogP) is 1.86. The van der Waals surface area contributed by atoms with Crippen LogP contribution in [0.15, 0.2) is 17.6 Å². The summed E-state index contributed by atoms with van der Waals surface area (Å²) in [5.41, 5.74) is 2.29. The minimum Gasteiger partial charge on any atom is -0.479 e. The Kier molecular flexibility index (Phi) is 4.42. The summed E-state index contributed by atoms with van der Waals surface area (Å²) in [5.74, 6) is -1.22. The first-order chi connectivity index (χ1) is 11.4. The molecule has 1 N–H and O–H groups in total. The Bertz CT molecular complexity index is 769. The van der Waals surface area contributed by atoms with Crippen LogP contribution >= 0.6 is 11.3 Å². The second-order valence-electron chi connectivity index (χ2n) is 5.92. The van der Waals surface area contributed by atoms with Crippen molar-refractivity contribution in [3.8, 4) is 5.13 Å². The lowest BCUT2D eigenvalue weighted by molar-refractivity contribution is -0.160. The van der Waals surface area contributed by atoms with E-state index in [4.69, 9.17) is 4.74 Å². The van der Waals surface area contributed by atoms with Crippen LogP contribution in [-0.4, -0.2) is 56.7 Å². The molecule has 0 spiro atoms. The highest BCUT2D eigenvalue weighted by atomic mass is 32.1. The molecule has 1 aliphatic heterocycles. The molecule has 1 amide bonds. The fourth-order valence-corrected chi connectivity index (χ4v) is 3.78. The Balaban J connectivity index is 1.90. The number of ether oxygens (including phenoxy) is 1. The van der Waals surface area contributed by atoms with E-state index in [-0.39, 0.29) is 18.6 Å². The van der Waals surface area contributed by atoms with Gasteiger partial charge >= 0.3 is 5.97 Å². The Morgan fingerprint density at radius 1 is 1.38 bits per heavy atom. The highest BCUT2D eigenvalue weighted by molar-refractivity contribution is 7.12. The molecule has 2 aromatic heterocycles. The zero-order chi connectivity index (χ0) is 17.4.